The molecule has 0 aliphatic heterocycles. The minimum atomic E-state index is -3.98. The number of nitrogens with one attached hydrogen (secondary N) is 1. The predicted octanol–water partition coefficient (Wildman–Crippen LogP) is 1.46. The van der Waals surface area contributed by atoms with Crippen molar-refractivity contribution in [2.75, 3.05) is 30.4 Å². The zero-order chi connectivity index (χ0) is 15.2. The van der Waals surface area contributed by atoms with Crippen molar-refractivity contribution < 1.29 is 17.9 Å². The molecule has 1 aromatic rings. The van der Waals surface area contributed by atoms with Crippen molar-refractivity contribution in [2.24, 2.45) is 0 Å². The second-order valence-electron chi connectivity index (χ2n) is 3.90. The molecule has 5 nitrogen and oxygen atoms in total. The molecule has 20 heavy (non-hydrogen) atoms. The summed E-state index contributed by atoms with van der Waals surface area (Å²) in [7, 11) is -3.98. The molecule has 0 spiro atoms. The van der Waals surface area contributed by atoms with Gasteiger partial charge in [0.15, 0.2) is 5.82 Å². The fourth-order valence-electron chi connectivity index (χ4n) is 1.37. The highest BCUT2D eigenvalue weighted by Gasteiger charge is 2.21. The molecule has 0 bridgehead atoms. The molecule has 0 saturated heterocycles. The molecule has 0 unspecified atom stereocenters. The van der Waals surface area contributed by atoms with Crippen molar-refractivity contribution in [3.8, 4) is 0 Å². The van der Waals surface area contributed by atoms with E-state index >= 15 is 0 Å². The second-order valence-corrected chi connectivity index (χ2v) is 7.27. The maximum absolute atomic E-state index is 13.7. The molecule has 0 heterocycles. The third-order valence-electron chi connectivity index (χ3n) is 2.29. The van der Waals surface area contributed by atoms with Crippen LogP contribution in [0.1, 0.15) is 6.42 Å². The number of aliphatic hydroxyl groups excluding tert-OH is 1. The van der Waals surface area contributed by atoms with E-state index < -0.39 is 20.7 Å². The molecular formula is C11H16ClFN2O3S2. The third kappa shape index (κ3) is 5.10. The van der Waals surface area contributed by atoms with Gasteiger partial charge in [0.25, 0.3) is 0 Å². The molecule has 9 heteroatoms. The van der Waals surface area contributed by atoms with Crippen molar-refractivity contribution >= 4 is 39.1 Å². The van der Waals surface area contributed by atoms with Crippen LogP contribution in [0.25, 0.3) is 0 Å². The van der Waals surface area contributed by atoms with E-state index in [1.807, 2.05) is 0 Å². The van der Waals surface area contributed by atoms with Crippen molar-refractivity contribution in [2.45, 2.75) is 11.3 Å². The predicted molar refractivity (Wildman–Crippen MR) is 80.0 cm³/mol. The zero-order valence-electron chi connectivity index (χ0n) is 10.6. The summed E-state index contributed by atoms with van der Waals surface area (Å²) in [5, 5.41) is 8.26. The first-order valence-electron chi connectivity index (χ1n) is 5.81. The van der Waals surface area contributed by atoms with E-state index in [0.717, 1.165) is 17.9 Å². The van der Waals surface area contributed by atoms with Crippen LogP contribution >= 0.6 is 23.4 Å². The summed E-state index contributed by atoms with van der Waals surface area (Å²) in [6.45, 7) is 0.260. The Morgan fingerprint density at radius 2 is 2.10 bits per heavy atom. The maximum Gasteiger partial charge on any atom is 0.243 e. The summed E-state index contributed by atoms with van der Waals surface area (Å²) in [4.78, 5) is -0.553. The standard InChI is InChI=1S/C11H16ClFN2O3S2/c12-9-6-8(14)7-10(11(9)13)20(17,18)15-2-5-19-4-1-3-16/h6-7,15-16H,1-5,14H2. The van der Waals surface area contributed by atoms with E-state index in [-0.39, 0.29) is 23.9 Å². The van der Waals surface area contributed by atoms with Gasteiger partial charge in [-0.1, -0.05) is 11.6 Å². The first-order valence-corrected chi connectivity index (χ1v) is 8.83. The minimum absolute atomic E-state index is 0.0779. The lowest BCUT2D eigenvalue weighted by molar-refractivity contribution is 0.296. The number of halogens is 2. The average Bonchev–Trinajstić information content (AvgIpc) is 2.37. The largest absolute Gasteiger partial charge is 0.399 e. The Morgan fingerprint density at radius 3 is 2.75 bits per heavy atom. The van der Waals surface area contributed by atoms with E-state index in [1.165, 1.54) is 11.8 Å². The molecule has 114 valence electrons. The lowest BCUT2D eigenvalue weighted by atomic mass is 10.3. The summed E-state index contributed by atoms with van der Waals surface area (Å²) in [5.74, 6) is 0.245. The van der Waals surface area contributed by atoms with Crippen LogP contribution < -0.4 is 10.5 Å². The molecule has 0 aromatic heterocycles. The molecule has 0 amide bonds. The van der Waals surface area contributed by atoms with Crippen molar-refractivity contribution in [1.29, 1.82) is 0 Å². The fraction of sp³-hybridized carbons (Fsp3) is 0.455. The molecule has 0 aliphatic carbocycles. The van der Waals surface area contributed by atoms with Gasteiger partial charge in [-0.2, -0.15) is 11.8 Å². The van der Waals surface area contributed by atoms with Crippen LogP contribution in [0.4, 0.5) is 10.1 Å². The highest BCUT2D eigenvalue weighted by atomic mass is 35.5. The van der Waals surface area contributed by atoms with Gasteiger partial charge in [-0.3, -0.25) is 0 Å². The van der Waals surface area contributed by atoms with E-state index in [2.05, 4.69) is 4.72 Å². The van der Waals surface area contributed by atoms with Gasteiger partial charge in [0.1, 0.15) is 4.90 Å². The van der Waals surface area contributed by atoms with Gasteiger partial charge in [-0.15, -0.1) is 0 Å². The smallest absolute Gasteiger partial charge is 0.243 e. The van der Waals surface area contributed by atoms with Crippen molar-refractivity contribution in [1.82, 2.24) is 4.72 Å². The normalized spacial score (nSPS) is 11.8. The SMILES string of the molecule is Nc1cc(Cl)c(F)c(S(=O)(=O)NCCSCCCO)c1. The number of hydrogen-bond acceptors (Lipinski definition) is 5. The number of rotatable bonds is 8. The number of nitrogens with two attached hydrogens (primary N) is 1. The van der Waals surface area contributed by atoms with Crippen molar-refractivity contribution in [3.05, 3.63) is 23.0 Å². The molecule has 4 N–H and O–H groups in total. The van der Waals surface area contributed by atoms with Gasteiger partial charge in [-0.25, -0.2) is 17.5 Å². The molecular weight excluding hydrogens is 327 g/mol. The van der Waals surface area contributed by atoms with Crippen LogP contribution in [0.15, 0.2) is 17.0 Å². The summed E-state index contributed by atoms with van der Waals surface area (Å²) in [6, 6.07) is 2.18. The van der Waals surface area contributed by atoms with Crippen LogP contribution in [-0.4, -0.2) is 38.2 Å². The molecule has 1 rings (SSSR count). The Morgan fingerprint density at radius 1 is 1.40 bits per heavy atom. The van der Waals surface area contributed by atoms with Crippen LogP contribution in [-0.2, 0) is 10.0 Å². The molecule has 1 aromatic carbocycles. The number of benzene rings is 1. The number of aliphatic hydroxyl groups is 1. The van der Waals surface area contributed by atoms with Gasteiger partial charge in [0, 0.05) is 24.6 Å². The van der Waals surface area contributed by atoms with Crippen molar-refractivity contribution in [3.63, 3.8) is 0 Å². The topological polar surface area (TPSA) is 92.4 Å². The molecule has 0 atom stereocenters. The lowest BCUT2D eigenvalue weighted by Crippen LogP contribution is -2.27. The molecule has 0 saturated carbocycles. The summed E-state index contributed by atoms with van der Waals surface area (Å²) in [5.41, 5.74) is 5.54. The number of hydrogen-bond donors (Lipinski definition) is 3. The van der Waals surface area contributed by atoms with Crippen LogP contribution in [0, 0.1) is 5.82 Å². The number of nitrogen functional groups attached to an aromatic ring is 1. The highest BCUT2D eigenvalue weighted by molar-refractivity contribution is 7.99. The Hall–Kier alpha value is -0.540. The Balaban J connectivity index is 2.65. The Bertz CT molecular complexity index is 555. The summed E-state index contributed by atoms with van der Waals surface area (Å²) < 4.78 is 39.9. The van der Waals surface area contributed by atoms with E-state index in [1.54, 1.807) is 0 Å². The molecule has 0 radical (unpaired) electrons. The zero-order valence-corrected chi connectivity index (χ0v) is 13.0. The maximum atomic E-state index is 13.7. The number of sulfonamides is 1. The monoisotopic (exact) mass is 342 g/mol. The lowest BCUT2D eigenvalue weighted by Gasteiger charge is -2.09. The number of anilines is 1. The number of thioether (sulfide) groups is 1. The van der Waals surface area contributed by atoms with Crippen LogP contribution in [0.2, 0.25) is 5.02 Å². The van der Waals surface area contributed by atoms with Gasteiger partial charge in [0.2, 0.25) is 10.0 Å². The minimum Gasteiger partial charge on any atom is -0.399 e. The van der Waals surface area contributed by atoms with Gasteiger partial charge >= 0.3 is 0 Å². The quantitative estimate of drug-likeness (QED) is 0.491. The average molecular weight is 343 g/mol. The summed E-state index contributed by atoms with van der Waals surface area (Å²) in [6.07, 6.45) is 0.650. The van der Waals surface area contributed by atoms with E-state index in [4.69, 9.17) is 22.4 Å². The van der Waals surface area contributed by atoms with E-state index in [0.29, 0.717) is 12.2 Å². The molecule has 0 fully saturated rings. The Labute approximate surface area is 126 Å². The Kier molecular flexibility index (Phi) is 7.04. The molecule has 0 aliphatic rings. The van der Waals surface area contributed by atoms with Gasteiger partial charge < -0.3 is 10.8 Å². The van der Waals surface area contributed by atoms with Crippen LogP contribution in [0.5, 0.6) is 0 Å². The van der Waals surface area contributed by atoms with Crippen LogP contribution in [0.3, 0.4) is 0 Å². The van der Waals surface area contributed by atoms with Gasteiger partial charge in [-0.05, 0) is 24.3 Å². The third-order valence-corrected chi connectivity index (χ3v) is 5.10. The van der Waals surface area contributed by atoms with E-state index in [9.17, 15) is 12.8 Å². The van der Waals surface area contributed by atoms with Gasteiger partial charge in [0.05, 0.1) is 5.02 Å². The highest BCUT2D eigenvalue weighted by Crippen LogP contribution is 2.25. The fourth-order valence-corrected chi connectivity index (χ4v) is 3.73. The summed E-state index contributed by atoms with van der Waals surface area (Å²) >= 11 is 7.06. The second kappa shape index (κ2) is 8.04. The first-order chi connectivity index (χ1) is 9.38. The first kappa shape index (κ1) is 17.5.